The van der Waals surface area contributed by atoms with Gasteiger partial charge in [-0.3, -0.25) is 4.79 Å². The van der Waals surface area contributed by atoms with E-state index in [4.69, 9.17) is 0 Å². The SMILES string of the molecule is C=C(C)N1CCN(C(=O)Nc2cc(-c3ccnc(NC)n3)c[nH]c2=O)CC1. The van der Waals surface area contributed by atoms with Gasteiger partial charge in [-0.15, -0.1) is 0 Å². The summed E-state index contributed by atoms with van der Waals surface area (Å²) in [6.45, 7) is 8.49. The molecule has 9 heteroatoms. The van der Waals surface area contributed by atoms with Gasteiger partial charge in [-0.05, 0) is 19.1 Å². The number of aromatic nitrogens is 3. The molecule has 0 aromatic carbocycles. The van der Waals surface area contributed by atoms with Crippen LogP contribution in [0.5, 0.6) is 0 Å². The van der Waals surface area contributed by atoms with Gasteiger partial charge in [0.2, 0.25) is 5.95 Å². The number of allylic oxidation sites excluding steroid dienone is 1. The number of hydrogen-bond donors (Lipinski definition) is 3. The number of aromatic amines is 1. The highest BCUT2D eigenvalue weighted by Crippen LogP contribution is 2.18. The van der Waals surface area contributed by atoms with E-state index in [2.05, 4.69) is 37.1 Å². The standard InChI is InChI=1S/C18H23N7O2/c1-12(2)24-6-8-25(9-7-24)18(27)23-15-10-13(11-21-16(15)26)14-4-5-20-17(19-3)22-14/h4-5,10-11H,1,6-9H2,2-3H3,(H,21,26)(H,23,27)(H,19,20,22). The molecule has 0 unspecified atom stereocenters. The van der Waals surface area contributed by atoms with Crippen molar-refractivity contribution in [2.24, 2.45) is 0 Å². The number of amides is 2. The maximum absolute atomic E-state index is 12.5. The zero-order valence-electron chi connectivity index (χ0n) is 15.5. The molecule has 0 spiro atoms. The van der Waals surface area contributed by atoms with Crippen LogP contribution < -0.4 is 16.2 Å². The molecular formula is C18H23N7O2. The third-order valence-electron chi connectivity index (χ3n) is 4.43. The summed E-state index contributed by atoms with van der Waals surface area (Å²) in [6, 6.07) is 3.05. The molecule has 1 fully saturated rings. The summed E-state index contributed by atoms with van der Waals surface area (Å²) in [5.74, 6) is 0.472. The fraction of sp³-hybridized carbons (Fsp3) is 0.333. The Morgan fingerprint density at radius 3 is 2.63 bits per heavy atom. The Kier molecular flexibility index (Phi) is 5.39. The second kappa shape index (κ2) is 7.90. The van der Waals surface area contributed by atoms with Gasteiger partial charge in [0.15, 0.2) is 0 Å². The molecule has 0 radical (unpaired) electrons. The fourth-order valence-corrected chi connectivity index (χ4v) is 2.85. The minimum absolute atomic E-state index is 0.185. The van der Waals surface area contributed by atoms with Crippen molar-refractivity contribution < 1.29 is 4.79 Å². The van der Waals surface area contributed by atoms with Crippen LogP contribution >= 0.6 is 0 Å². The largest absolute Gasteiger partial charge is 0.372 e. The minimum Gasteiger partial charge on any atom is -0.372 e. The third kappa shape index (κ3) is 4.25. The Morgan fingerprint density at radius 2 is 1.96 bits per heavy atom. The quantitative estimate of drug-likeness (QED) is 0.755. The van der Waals surface area contributed by atoms with Gasteiger partial charge in [-0.25, -0.2) is 14.8 Å². The Balaban J connectivity index is 1.74. The smallest absolute Gasteiger partial charge is 0.322 e. The molecule has 3 N–H and O–H groups in total. The summed E-state index contributed by atoms with van der Waals surface area (Å²) >= 11 is 0. The molecule has 1 saturated heterocycles. The van der Waals surface area contributed by atoms with Crippen molar-refractivity contribution in [3.8, 4) is 11.3 Å². The molecule has 1 aliphatic rings. The number of nitrogens with one attached hydrogen (secondary N) is 3. The van der Waals surface area contributed by atoms with E-state index in [1.165, 1.54) is 0 Å². The Bertz CT molecular complexity index is 901. The number of pyridine rings is 1. The van der Waals surface area contributed by atoms with Gasteiger partial charge < -0.3 is 25.4 Å². The number of nitrogens with zero attached hydrogens (tertiary/aromatic N) is 4. The van der Waals surface area contributed by atoms with Gasteiger partial charge in [-0.2, -0.15) is 0 Å². The molecule has 142 valence electrons. The summed E-state index contributed by atoms with van der Waals surface area (Å²) < 4.78 is 0. The Hall–Kier alpha value is -3.36. The molecule has 27 heavy (non-hydrogen) atoms. The molecule has 2 aromatic heterocycles. The molecule has 2 aromatic rings. The molecule has 0 atom stereocenters. The zero-order chi connectivity index (χ0) is 19.4. The summed E-state index contributed by atoms with van der Waals surface area (Å²) in [4.78, 5) is 39.5. The molecule has 0 saturated carbocycles. The van der Waals surface area contributed by atoms with Crippen LogP contribution in [0, 0.1) is 0 Å². The van der Waals surface area contributed by atoms with Crippen LogP contribution in [0.25, 0.3) is 11.3 Å². The summed E-state index contributed by atoms with van der Waals surface area (Å²) in [7, 11) is 1.73. The van der Waals surface area contributed by atoms with E-state index in [0.717, 1.165) is 18.8 Å². The van der Waals surface area contributed by atoms with E-state index >= 15 is 0 Å². The van der Waals surface area contributed by atoms with E-state index in [1.54, 1.807) is 36.5 Å². The summed E-state index contributed by atoms with van der Waals surface area (Å²) in [5, 5.41) is 5.58. The monoisotopic (exact) mass is 369 g/mol. The number of carbonyl (C=O) groups is 1. The molecule has 9 nitrogen and oxygen atoms in total. The van der Waals surface area contributed by atoms with Crippen molar-refractivity contribution in [2.75, 3.05) is 43.9 Å². The summed E-state index contributed by atoms with van der Waals surface area (Å²) in [5.41, 5.74) is 2.12. The topological polar surface area (TPSA) is 106 Å². The lowest BCUT2D eigenvalue weighted by molar-refractivity contribution is 0.168. The average molecular weight is 369 g/mol. The van der Waals surface area contributed by atoms with E-state index in [0.29, 0.717) is 30.3 Å². The van der Waals surface area contributed by atoms with Crippen LogP contribution in [0.4, 0.5) is 16.4 Å². The molecule has 1 aliphatic heterocycles. The predicted octanol–water partition coefficient (Wildman–Crippen LogP) is 1.56. The van der Waals surface area contributed by atoms with Crippen LogP contribution in [0.3, 0.4) is 0 Å². The Morgan fingerprint density at radius 1 is 1.26 bits per heavy atom. The van der Waals surface area contributed by atoms with Crippen LogP contribution in [0.2, 0.25) is 0 Å². The highest BCUT2D eigenvalue weighted by atomic mass is 16.2. The van der Waals surface area contributed by atoms with E-state index in [9.17, 15) is 9.59 Å². The lowest BCUT2D eigenvalue weighted by atomic mass is 10.2. The molecule has 0 bridgehead atoms. The van der Waals surface area contributed by atoms with E-state index in [1.807, 2.05) is 6.92 Å². The molecule has 3 rings (SSSR count). The van der Waals surface area contributed by atoms with Crippen LogP contribution in [0.1, 0.15) is 6.92 Å². The zero-order valence-corrected chi connectivity index (χ0v) is 15.5. The number of piperazine rings is 1. The normalized spacial score (nSPS) is 14.0. The predicted molar refractivity (Wildman–Crippen MR) is 105 cm³/mol. The highest BCUT2D eigenvalue weighted by Gasteiger charge is 2.21. The number of hydrogen-bond acceptors (Lipinski definition) is 6. The first kappa shape index (κ1) is 18.4. The second-order valence-corrected chi connectivity index (χ2v) is 6.29. The summed E-state index contributed by atoms with van der Waals surface area (Å²) in [6.07, 6.45) is 3.18. The van der Waals surface area contributed by atoms with Crippen molar-refractivity contribution in [2.45, 2.75) is 6.92 Å². The minimum atomic E-state index is -0.365. The molecule has 0 aliphatic carbocycles. The van der Waals surface area contributed by atoms with Crippen molar-refractivity contribution in [1.82, 2.24) is 24.8 Å². The first-order valence-electron chi connectivity index (χ1n) is 8.68. The number of carbonyl (C=O) groups excluding carboxylic acids is 1. The fourth-order valence-electron chi connectivity index (χ4n) is 2.85. The van der Waals surface area contributed by atoms with Crippen molar-refractivity contribution >= 4 is 17.7 Å². The number of urea groups is 1. The van der Waals surface area contributed by atoms with Crippen molar-refractivity contribution in [3.05, 3.63) is 47.2 Å². The third-order valence-corrected chi connectivity index (χ3v) is 4.43. The van der Waals surface area contributed by atoms with Gasteiger partial charge in [0.25, 0.3) is 5.56 Å². The van der Waals surface area contributed by atoms with Crippen LogP contribution in [-0.2, 0) is 0 Å². The highest BCUT2D eigenvalue weighted by molar-refractivity contribution is 5.89. The van der Waals surface area contributed by atoms with Gasteiger partial charge in [0.1, 0.15) is 5.69 Å². The first-order chi connectivity index (χ1) is 13.0. The lowest BCUT2D eigenvalue weighted by Crippen LogP contribution is -2.49. The van der Waals surface area contributed by atoms with Crippen LogP contribution in [0.15, 0.2) is 41.6 Å². The van der Waals surface area contributed by atoms with Gasteiger partial charge >= 0.3 is 6.03 Å². The van der Waals surface area contributed by atoms with Gasteiger partial charge in [0, 0.05) is 56.9 Å². The lowest BCUT2D eigenvalue weighted by Gasteiger charge is -2.36. The van der Waals surface area contributed by atoms with Crippen LogP contribution in [-0.4, -0.2) is 64.0 Å². The van der Waals surface area contributed by atoms with Gasteiger partial charge in [-0.1, -0.05) is 6.58 Å². The number of rotatable bonds is 4. The van der Waals surface area contributed by atoms with Gasteiger partial charge in [0.05, 0.1) is 5.69 Å². The molecule has 2 amide bonds. The first-order valence-corrected chi connectivity index (χ1v) is 8.68. The molecular weight excluding hydrogens is 346 g/mol. The van der Waals surface area contributed by atoms with Crippen molar-refractivity contribution in [1.29, 1.82) is 0 Å². The van der Waals surface area contributed by atoms with E-state index < -0.39 is 0 Å². The number of H-pyrrole nitrogens is 1. The molecule has 3 heterocycles. The second-order valence-electron chi connectivity index (χ2n) is 6.29. The average Bonchev–Trinajstić information content (AvgIpc) is 2.69. The maximum Gasteiger partial charge on any atom is 0.322 e. The van der Waals surface area contributed by atoms with Crippen molar-refractivity contribution in [3.63, 3.8) is 0 Å². The number of anilines is 2. The van der Waals surface area contributed by atoms with E-state index in [-0.39, 0.29) is 17.3 Å². The maximum atomic E-state index is 12.5. The Labute approximate surface area is 157 Å².